The summed E-state index contributed by atoms with van der Waals surface area (Å²) in [6.45, 7) is 6.61. The maximum Gasteiger partial charge on any atom is 0.271 e. The lowest BCUT2D eigenvalue weighted by Gasteiger charge is -2.06. The fraction of sp³-hybridized carbons (Fsp3) is 0.615. The van der Waals surface area contributed by atoms with Crippen molar-refractivity contribution in [3.8, 4) is 0 Å². The highest BCUT2D eigenvalue weighted by atomic mass is 16.5. The first-order valence-corrected chi connectivity index (χ1v) is 6.71. The van der Waals surface area contributed by atoms with Crippen molar-refractivity contribution in [2.45, 2.75) is 26.7 Å². The van der Waals surface area contributed by atoms with Crippen LogP contribution in [0.4, 0.5) is 5.82 Å². The van der Waals surface area contributed by atoms with E-state index in [1.165, 1.54) is 0 Å². The summed E-state index contributed by atoms with van der Waals surface area (Å²) in [7, 11) is 0. The molecule has 1 aromatic heterocycles. The average Bonchev–Trinajstić information content (AvgIpc) is 2.43. The third-order valence-corrected chi connectivity index (χ3v) is 2.43. The Hall–Kier alpha value is -1.69. The number of hydrogen-bond donors (Lipinski definition) is 2. The van der Waals surface area contributed by atoms with E-state index in [0.717, 1.165) is 26.0 Å². The van der Waals surface area contributed by atoms with E-state index in [0.29, 0.717) is 24.7 Å². The minimum absolute atomic E-state index is 0.227. The zero-order chi connectivity index (χ0) is 13.9. The van der Waals surface area contributed by atoms with Gasteiger partial charge in [-0.1, -0.05) is 13.3 Å². The third kappa shape index (κ3) is 6.15. The quantitative estimate of drug-likeness (QED) is 0.662. The summed E-state index contributed by atoms with van der Waals surface area (Å²) in [5.41, 5.74) is 0.315. The van der Waals surface area contributed by atoms with E-state index in [1.54, 1.807) is 12.1 Å². The first-order chi connectivity index (χ1) is 9.27. The molecule has 6 heteroatoms. The van der Waals surface area contributed by atoms with Crippen molar-refractivity contribution in [3.05, 3.63) is 17.8 Å². The van der Waals surface area contributed by atoms with Gasteiger partial charge in [-0.25, -0.2) is 0 Å². The van der Waals surface area contributed by atoms with Crippen LogP contribution in [0.1, 0.15) is 37.2 Å². The minimum atomic E-state index is -0.227. The third-order valence-electron chi connectivity index (χ3n) is 2.43. The number of ether oxygens (including phenoxy) is 1. The van der Waals surface area contributed by atoms with E-state index in [1.807, 2.05) is 6.92 Å². The number of amides is 1. The lowest BCUT2D eigenvalue weighted by molar-refractivity contribution is 0.0907. The van der Waals surface area contributed by atoms with Crippen LogP contribution in [0.3, 0.4) is 0 Å². The standard InChI is InChI=1S/C13H22N4O2/c1-3-5-9-19-10-8-15-13(18)11-6-7-12(14-4-2)17-16-11/h6-7H,3-5,8-10H2,1-2H3,(H,14,17)(H,15,18). The van der Waals surface area contributed by atoms with Gasteiger partial charge in [0, 0.05) is 19.7 Å². The van der Waals surface area contributed by atoms with Gasteiger partial charge in [0.15, 0.2) is 5.69 Å². The maximum atomic E-state index is 11.7. The smallest absolute Gasteiger partial charge is 0.271 e. The summed E-state index contributed by atoms with van der Waals surface area (Å²) in [6.07, 6.45) is 2.16. The summed E-state index contributed by atoms with van der Waals surface area (Å²) < 4.78 is 5.35. The number of nitrogens with zero attached hydrogens (tertiary/aromatic N) is 2. The molecule has 1 rings (SSSR count). The molecule has 1 amide bonds. The number of unbranched alkanes of at least 4 members (excludes halogenated alkanes) is 1. The van der Waals surface area contributed by atoms with Crippen LogP contribution in [0.2, 0.25) is 0 Å². The van der Waals surface area contributed by atoms with Gasteiger partial charge in [-0.3, -0.25) is 4.79 Å². The number of hydrogen-bond acceptors (Lipinski definition) is 5. The lowest BCUT2D eigenvalue weighted by atomic mass is 10.3. The number of carbonyl (C=O) groups is 1. The Morgan fingerprint density at radius 1 is 1.26 bits per heavy atom. The van der Waals surface area contributed by atoms with Crippen LogP contribution in [0, 0.1) is 0 Å². The molecule has 1 heterocycles. The van der Waals surface area contributed by atoms with Crippen molar-refractivity contribution >= 4 is 11.7 Å². The second-order valence-electron chi connectivity index (χ2n) is 4.06. The highest BCUT2D eigenvalue weighted by Crippen LogP contribution is 2.01. The summed E-state index contributed by atoms with van der Waals surface area (Å²) in [5.74, 6) is 0.441. The largest absolute Gasteiger partial charge is 0.380 e. The minimum Gasteiger partial charge on any atom is -0.380 e. The predicted octanol–water partition coefficient (Wildman–Crippen LogP) is 1.45. The summed E-state index contributed by atoms with van der Waals surface area (Å²) in [6, 6.07) is 3.39. The predicted molar refractivity (Wildman–Crippen MR) is 74.3 cm³/mol. The summed E-state index contributed by atoms with van der Waals surface area (Å²) in [4.78, 5) is 11.7. The molecule has 0 saturated heterocycles. The second kappa shape index (κ2) is 9.27. The van der Waals surface area contributed by atoms with Crippen molar-refractivity contribution in [2.24, 2.45) is 0 Å². The molecule has 106 valence electrons. The van der Waals surface area contributed by atoms with Gasteiger partial charge in [0.1, 0.15) is 5.82 Å². The molecule has 0 aliphatic heterocycles. The van der Waals surface area contributed by atoms with Crippen LogP contribution >= 0.6 is 0 Å². The van der Waals surface area contributed by atoms with Gasteiger partial charge in [-0.05, 0) is 25.5 Å². The SMILES string of the molecule is CCCCOCCNC(=O)c1ccc(NCC)nn1. The average molecular weight is 266 g/mol. The van der Waals surface area contributed by atoms with Gasteiger partial charge in [-0.2, -0.15) is 0 Å². The van der Waals surface area contributed by atoms with Crippen LogP contribution in [0.25, 0.3) is 0 Å². The van der Waals surface area contributed by atoms with Gasteiger partial charge in [-0.15, -0.1) is 10.2 Å². The van der Waals surface area contributed by atoms with Gasteiger partial charge >= 0.3 is 0 Å². The van der Waals surface area contributed by atoms with Crippen LogP contribution in [-0.4, -0.2) is 42.4 Å². The van der Waals surface area contributed by atoms with E-state index >= 15 is 0 Å². The maximum absolute atomic E-state index is 11.7. The van der Waals surface area contributed by atoms with Gasteiger partial charge in [0.05, 0.1) is 6.61 Å². The molecule has 0 bridgehead atoms. The number of carbonyl (C=O) groups excluding carboxylic acids is 1. The van der Waals surface area contributed by atoms with E-state index < -0.39 is 0 Å². The Morgan fingerprint density at radius 2 is 2.11 bits per heavy atom. The Balaban J connectivity index is 2.25. The van der Waals surface area contributed by atoms with Gasteiger partial charge in [0.2, 0.25) is 0 Å². The van der Waals surface area contributed by atoms with Crippen LogP contribution in [0.5, 0.6) is 0 Å². The fourth-order valence-electron chi connectivity index (χ4n) is 1.40. The highest BCUT2D eigenvalue weighted by Gasteiger charge is 2.06. The molecule has 0 atom stereocenters. The zero-order valence-corrected chi connectivity index (χ0v) is 11.6. The summed E-state index contributed by atoms with van der Waals surface area (Å²) in [5, 5.41) is 13.5. The Bertz CT molecular complexity index is 367. The molecule has 0 aliphatic rings. The van der Waals surface area contributed by atoms with Gasteiger partial charge in [0.25, 0.3) is 5.91 Å². The van der Waals surface area contributed by atoms with E-state index in [2.05, 4.69) is 27.8 Å². The van der Waals surface area contributed by atoms with Crippen molar-refractivity contribution in [2.75, 3.05) is 31.6 Å². The Morgan fingerprint density at radius 3 is 2.74 bits per heavy atom. The molecular formula is C13H22N4O2. The molecular weight excluding hydrogens is 244 g/mol. The number of anilines is 1. The Labute approximate surface area is 113 Å². The van der Waals surface area contributed by atoms with Crippen molar-refractivity contribution in [1.29, 1.82) is 0 Å². The van der Waals surface area contributed by atoms with E-state index in [-0.39, 0.29) is 5.91 Å². The summed E-state index contributed by atoms with van der Waals surface area (Å²) >= 11 is 0. The number of nitrogens with one attached hydrogen (secondary N) is 2. The molecule has 0 saturated carbocycles. The molecule has 19 heavy (non-hydrogen) atoms. The van der Waals surface area contributed by atoms with E-state index in [9.17, 15) is 4.79 Å². The Kier molecular flexibility index (Phi) is 7.50. The normalized spacial score (nSPS) is 10.2. The molecule has 0 unspecified atom stereocenters. The molecule has 0 spiro atoms. The monoisotopic (exact) mass is 266 g/mol. The highest BCUT2D eigenvalue weighted by molar-refractivity contribution is 5.92. The molecule has 6 nitrogen and oxygen atoms in total. The van der Waals surface area contributed by atoms with E-state index in [4.69, 9.17) is 4.74 Å². The van der Waals surface area contributed by atoms with Crippen LogP contribution in [-0.2, 0) is 4.74 Å². The first kappa shape index (κ1) is 15.4. The fourth-order valence-corrected chi connectivity index (χ4v) is 1.40. The van der Waals surface area contributed by atoms with Crippen molar-refractivity contribution in [3.63, 3.8) is 0 Å². The first-order valence-electron chi connectivity index (χ1n) is 6.71. The van der Waals surface area contributed by atoms with Crippen molar-refractivity contribution < 1.29 is 9.53 Å². The van der Waals surface area contributed by atoms with Crippen LogP contribution in [0.15, 0.2) is 12.1 Å². The molecule has 0 aliphatic carbocycles. The molecule has 0 fully saturated rings. The number of rotatable bonds is 9. The molecule has 0 aromatic carbocycles. The molecule has 2 N–H and O–H groups in total. The lowest BCUT2D eigenvalue weighted by Crippen LogP contribution is -2.28. The van der Waals surface area contributed by atoms with Crippen molar-refractivity contribution in [1.82, 2.24) is 15.5 Å². The molecule has 1 aromatic rings. The zero-order valence-electron chi connectivity index (χ0n) is 11.6. The van der Waals surface area contributed by atoms with Gasteiger partial charge < -0.3 is 15.4 Å². The molecule has 0 radical (unpaired) electrons. The van der Waals surface area contributed by atoms with Crippen LogP contribution < -0.4 is 10.6 Å². The second-order valence-corrected chi connectivity index (χ2v) is 4.06. The number of aromatic nitrogens is 2. The topological polar surface area (TPSA) is 76.1 Å².